The van der Waals surface area contributed by atoms with Crippen LogP contribution in [-0.4, -0.2) is 17.8 Å². The van der Waals surface area contributed by atoms with Crippen LogP contribution >= 0.6 is 23.2 Å². The van der Waals surface area contributed by atoms with Crippen LogP contribution in [0.2, 0.25) is 10.0 Å². The molecule has 2 amide bonds. The van der Waals surface area contributed by atoms with E-state index in [2.05, 4.69) is 0 Å². The molecule has 8 heteroatoms. The predicted molar refractivity (Wildman–Crippen MR) is 88.4 cm³/mol. The fraction of sp³-hybridized carbons (Fsp3) is 0.0625. The lowest BCUT2D eigenvalue weighted by atomic mass is 9.91. The number of esters is 1. The van der Waals surface area contributed by atoms with Gasteiger partial charge in [0, 0.05) is 5.56 Å². The number of carbonyl (C=O) groups is 3. The minimum absolute atomic E-state index is 0.0387. The zero-order valence-electron chi connectivity index (χ0n) is 12.2. The molecule has 0 saturated heterocycles. The fourth-order valence-corrected chi connectivity index (χ4v) is 2.35. The first-order valence-corrected chi connectivity index (χ1v) is 7.38. The minimum Gasteiger partial charge on any atom is -0.430 e. The zero-order valence-corrected chi connectivity index (χ0v) is 13.7. The molecular formula is C16H12Cl2N2O4. The first-order valence-electron chi connectivity index (χ1n) is 6.62. The average Bonchev–Trinajstić information content (AvgIpc) is 2.55. The van der Waals surface area contributed by atoms with Crippen molar-refractivity contribution in [3.05, 3.63) is 69.7 Å². The Morgan fingerprint density at radius 2 is 1.46 bits per heavy atom. The highest BCUT2D eigenvalue weighted by Crippen LogP contribution is 2.32. The number of hydrogen-bond donors (Lipinski definition) is 2. The molecule has 2 aromatic carbocycles. The number of ether oxygens (including phenoxy) is 1. The van der Waals surface area contributed by atoms with Gasteiger partial charge in [0.2, 0.25) is 0 Å². The van der Waals surface area contributed by atoms with Gasteiger partial charge in [-0.05, 0) is 24.3 Å². The summed E-state index contributed by atoms with van der Waals surface area (Å²) in [6, 6.07) is 11.6. The van der Waals surface area contributed by atoms with Gasteiger partial charge in [-0.1, -0.05) is 47.5 Å². The number of rotatable bonds is 5. The second-order valence-electron chi connectivity index (χ2n) is 4.79. The smallest absolute Gasteiger partial charge is 0.340 e. The maximum absolute atomic E-state index is 12.3. The van der Waals surface area contributed by atoms with Crippen LogP contribution in [0.5, 0.6) is 0 Å². The van der Waals surface area contributed by atoms with E-state index in [1.807, 2.05) is 0 Å². The van der Waals surface area contributed by atoms with E-state index in [1.54, 1.807) is 18.2 Å². The minimum atomic E-state index is -2.51. The molecule has 0 aromatic heterocycles. The molecule has 0 atom stereocenters. The van der Waals surface area contributed by atoms with Gasteiger partial charge in [-0.25, -0.2) is 4.79 Å². The lowest BCUT2D eigenvalue weighted by Crippen LogP contribution is -2.54. The largest absolute Gasteiger partial charge is 0.430 e. The molecule has 0 bridgehead atoms. The highest BCUT2D eigenvalue weighted by Gasteiger charge is 2.49. The second-order valence-corrected chi connectivity index (χ2v) is 5.61. The van der Waals surface area contributed by atoms with Crippen LogP contribution in [0.1, 0.15) is 15.9 Å². The van der Waals surface area contributed by atoms with Crippen molar-refractivity contribution in [2.24, 2.45) is 11.5 Å². The van der Waals surface area contributed by atoms with Crippen molar-refractivity contribution in [1.82, 2.24) is 0 Å². The van der Waals surface area contributed by atoms with Gasteiger partial charge in [-0.3, -0.25) is 9.59 Å². The summed E-state index contributed by atoms with van der Waals surface area (Å²) in [5.74, 6) is -3.45. The highest BCUT2D eigenvalue weighted by atomic mass is 35.5. The molecule has 4 N–H and O–H groups in total. The normalized spacial score (nSPS) is 10.9. The van der Waals surface area contributed by atoms with Gasteiger partial charge in [-0.15, -0.1) is 0 Å². The van der Waals surface area contributed by atoms with Crippen LogP contribution in [0.15, 0.2) is 48.5 Å². The fourth-order valence-electron chi connectivity index (χ4n) is 2.05. The molecule has 0 fully saturated rings. The van der Waals surface area contributed by atoms with E-state index in [4.69, 9.17) is 39.4 Å². The molecule has 0 spiro atoms. The van der Waals surface area contributed by atoms with E-state index in [1.165, 1.54) is 30.3 Å². The van der Waals surface area contributed by atoms with Gasteiger partial charge >= 0.3 is 5.97 Å². The van der Waals surface area contributed by atoms with Crippen molar-refractivity contribution in [2.45, 2.75) is 5.60 Å². The topological polar surface area (TPSA) is 112 Å². The number of carbonyl (C=O) groups excluding carboxylic acids is 3. The van der Waals surface area contributed by atoms with Crippen molar-refractivity contribution in [1.29, 1.82) is 0 Å². The maximum Gasteiger partial charge on any atom is 0.340 e. The van der Waals surface area contributed by atoms with Crippen molar-refractivity contribution in [3.63, 3.8) is 0 Å². The van der Waals surface area contributed by atoms with Gasteiger partial charge in [-0.2, -0.15) is 0 Å². The molecule has 0 unspecified atom stereocenters. The van der Waals surface area contributed by atoms with Gasteiger partial charge in [0.15, 0.2) is 0 Å². The molecule has 124 valence electrons. The molecule has 0 aliphatic carbocycles. The second kappa shape index (κ2) is 6.90. The Kier molecular flexibility index (Phi) is 5.11. The standard InChI is InChI=1S/C16H12Cl2N2O4/c17-11-7-6-10(8-12(11)18)16(14(19)22,15(20)23)24-13(21)9-4-2-1-3-5-9/h1-8H,(H2,19,22)(H2,20,23). The summed E-state index contributed by atoms with van der Waals surface area (Å²) in [6.45, 7) is 0. The van der Waals surface area contributed by atoms with Gasteiger partial charge in [0.05, 0.1) is 15.6 Å². The predicted octanol–water partition coefficient (Wildman–Crippen LogP) is 2.02. The number of nitrogens with two attached hydrogens (primary N) is 2. The van der Waals surface area contributed by atoms with E-state index < -0.39 is 23.4 Å². The summed E-state index contributed by atoms with van der Waals surface area (Å²) in [7, 11) is 0. The van der Waals surface area contributed by atoms with Gasteiger partial charge in [0.25, 0.3) is 17.4 Å². The number of benzene rings is 2. The first-order chi connectivity index (χ1) is 11.3. The molecule has 0 aliphatic rings. The summed E-state index contributed by atoms with van der Waals surface area (Å²) in [6.07, 6.45) is 0. The Morgan fingerprint density at radius 3 is 1.96 bits per heavy atom. The lowest BCUT2D eigenvalue weighted by molar-refractivity contribution is -0.151. The SMILES string of the molecule is NC(=O)C(OC(=O)c1ccccc1)(C(N)=O)c1ccc(Cl)c(Cl)c1. The molecule has 24 heavy (non-hydrogen) atoms. The van der Waals surface area contributed by atoms with Crippen LogP contribution in [0, 0.1) is 0 Å². The molecule has 0 saturated carbocycles. The average molecular weight is 367 g/mol. The third-order valence-corrected chi connectivity index (χ3v) is 4.01. The summed E-state index contributed by atoms with van der Waals surface area (Å²) >= 11 is 11.7. The van der Waals surface area contributed by atoms with E-state index >= 15 is 0 Å². The van der Waals surface area contributed by atoms with Gasteiger partial charge in [0.1, 0.15) is 0 Å². The van der Waals surface area contributed by atoms with E-state index in [0.717, 1.165) is 0 Å². The van der Waals surface area contributed by atoms with Crippen LogP contribution in [0.25, 0.3) is 0 Å². The zero-order chi connectivity index (χ0) is 17.9. The van der Waals surface area contributed by atoms with E-state index in [9.17, 15) is 14.4 Å². The van der Waals surface area contributed by atoms with Crippen molar-refractivity contribution in [2.75, 3.05) is 0 Å². The molecule has 2 aromatic rings. The van der Waals surface area contributed by atoms with Crippen LogP contribution in [0.4, 0.5) is 0 Å². The quantitative estimate of drug-likeness (QED) is 0.622. The summed E-state index contributed by atoms with van der Waals surface area (Å²) in [5.41, 5.74) is 8.16. The van der Waals surface area contributed by atoms with E-state index in [0.29, 0.717) is 0 Å². The lowest BCUT2D eigenvalue weighted by Gasteiger charge is -2.27. The Hall–Kier alpha value is -2.57. The van der Waals surface area contributed by atoms with Crippen molar-refractivity contribution < 1.29 is 19.1 Å². The monoisotopic (exact) mass is 366 g/mol. The van der Waals surface area contributed by atoms with Crippen LogP contribution in [0.3, 0.4) is 0 Å². The molecule has 0 aliphatic heterocycles. The maximum atomic E-state index is 12.3. The van der Waals surface area contributed by atoms with Crippen molar-refractivity contribution >= 4 is 41.0 Å². The first kappa shape index (κ1) is 17.8. The highest BCUT2D eigenvalue weighted by molar-refractivity contribution is 6.42. The summed E-state index contributed by atoms with van der Waals surface area (Å²) in [5, 5.41) is 0.217. The molecule has 0 radical (unpaired) electrons. The molecule has 2 rings (SSSR count). The third-order valence-electron chi connectivity index (χ3n) is 3.28. The number of halogens is 2. The summed E-state index contributed by atoms with van der Waals surface area (Å²) in [4.78, 5) is 36.3. The third kappa shape index (κ3) is 3.20. The summed E-state index contributed by atoms with van der Waals surface area (Å²) < 4.78 is 5.14. The van der Waals surface area contributed by atoms with Crippen molar-refractivity contribution in [3.8, 4) is 0 Å². The number of primary amides is 2. The Morgan fingerprint density at radius 1 is 0.875 bits per heavy atom. The van der Waals surface area contributed by atoms with Crippen LogP contribution in [-0.2, 0) is 19.9 Å². The molecule has 6 nitrogen and oxygen atoms in total. The van der Waals surface area contributed by atoms with Gasteiger partial charge < -0.3 is 16.2 Å². The van der Waals surface area contributed by atoms with E-state index in [-0.39, 0.29) is 21.2 Å². The Balaban J connectivity index is 2.55. The Bertz CT molecular complexity index is 795. The molecular weight excluding hydrogens is 355 g/mol. The Labute approximate surface area is 147 Å². The van der Waals surface area contributed by atoms with Crippen LogP contribution < -0.4 is 11.5 Å². The molecule has 0 heterocycles. The number of amides is 2. The number of hydrogen-bond acceptors (Lipinski definition) is 4.